The molecule has 10 heteroatoms. The fourth-order valence-electron chi connectivity index (χ4n) is 4.33. The first-order valence-corrected chi connectivity index (χ1v) is 14.6. The minimum Gasteiger partial charge on any atom is -0.466 e. The normalized spacial score (nSPS) is 15.2. The molecule has 1 heterocycles. The number of halogens is 1. The second-order valence-corrected chi connectivity index (χ2v) is 9.81. The van der Waals surface area contributed by atoms with E-state index in [1.165, 1.54) is 37.8 Å². The number of ether oxygens (including phenoxy) is 1. The molecule has 0 aromatic heterocycles. The summed E-state index contributed by atoms with van der Waals surface area (Å²) in [6.07, 6.45) is 6.64. The molecule has 0 aliphatic carbocycles. The van der Waals surface area contributed by atoms with Crippen LogP contribution < -0.4 is 21.3 Å². The Morgan fingerprint density at radius 3 is 2.33 bits per heavy atom. The van der Waals surface area contributed by atoms with Gasteiger partial charge in [-0.25, -0.2) is 14.0 Å². The Bertz CT molecular complexity index is 992. The number of likely N-dealkylation sites (tertiary alicyclic amines) is 1. The third-order valence-electron chi connectivity index (χ3n) is 6.73. The predicted octanol–water partition coefficient (Wildman–Crippen LogP) is 5.08. The van der Waals surface area contributed by atoms with E-state index in [2.05, 4.69) is 50.0 Å². The summed E-state index contributed by atoms with van der Waals surface area (Å²) in [6, 6.07) is 3.24. The molecule has 1 aliphatic heterocycles. The number of rotatable bonds is 10. The Morgan fingerprint density at radius 1 is 1.23 bits per heavy atom. The molecule has 0 spiro atoms. The van der Waals surface area contributed by atoms with Gasteiger partial charge in [0.1, 0.15) is 5.82 Å². The molecule has 1 saturated heterocycles. The highest BCUT2D eigenvalue weighted by molar-refractivity contribution is 7.27. The molecule has 8 nitrogen and oxygen atoms in total. The Labute approximate surface area is 243 Å². The monoisotopic (exact) mass is 579 g/mol. The lowest BCUT2D eigenvalue weighted by atomic mass is 9.90. The molecule has 2 rings (SSSR count). The lowest BCUT2D eigenvalue weighted by Gasteiger charge is -2.32. The number of piperidine rings is 1. The van der Waals surface area contributed by atoms with Crippen molar-refractivity contribution in [2.45, 2.75) is 66.8 Å². The molecule has 2 atom stereocenters. The predicted molar refractivity (Wildman–Crippen MR) is 168 cm³/mol. The van der Waals surface area contributed by atoms with Gasteiger partial charge in [-0.15, -0.1) is 9.24 Å². The zero-order valence-corrected chi connectivity index (χ0v) is 26.8. The van der Waals surface area contributed by atoms with E-state index in [-0.39, 0.29) is 11.4 Å². The summed E-state index contributed by atoms with van der Waals surface area (Å²) >= 11 is 0. The van der Waals surface area contributed by atoms with Crippen LogP contribution in [0.3, 0.4) is 0 Å². The molecule has 1 aromatic rings. The lowest BCUT2D eigenvalue weighted by Crippen LogP contribution is -2.42. The maximum atomic E-state index is 13.9. The number of methoxy groups -OCH3 is 1. The van der Waals surface area contributed by atoms with Crippen LogP contribution in [0.4, 0.5) is 9.18 Å². The molecule has 0 radical (unpaired) electrons. The Balaban J connectivity index is 0.00000284. The molecule has 2 amide bonds. The van der Waals surface area contributed by atoms with Crippen molar-refractivity contribution in [3.05, 3.63) is 52.5 Å². The van der Waals surface area contributed by atoms with Gasteiger partial charge in [-0.05, 0) is 96.4 Å². The molecule has 226 valence electrons. The molecule has 0 bridgehead atoms. The molecule has 1 aliphatic rings. The van der Waals surface area contributed by atoms with Gasteiger partial charge in [0.05, 0.1) is 18.7 Å². The second-order valence-electron chi connectivity index (χ2n) is 9.19. The molecule has 1 fully saturated rings. The highest BCUT2D eigenvalue weighted by Gasteiger charge is 2.28. The molecular formula is C30H51FN5O3P. The van der Waals surface area contributed by atoms with Gasteiger partial charge in [0.2, 0.25) is 0 Å². The second kappa shape index (κ2) is 21.0. The average Bonchev–Trinajstić information content (AvgIpc) is 2.97. The number of nitrogens with one attached hydrogen (secondary N) is 4. The van der Waals surface area contributed by atoms with Crippen LogP contribution in [0.2, 0.25) is 0 Å². The third kappa shape index (κ3) is 12.6. The highest BCUT2D eigenvalue weighted by atomic mass is 31.0. The van der Waals surface area contributed by atoms with Crippen LogP contribution in [0.1, 0.15) is 72.4 Å². The van der Waals surface area contributed by atoms with E-state index >= 15 is 0 Å². The maximum absolute atomic E-state index is 13.9. The van der Waals surface area contributed by atoms with Gasteiger partial charge >= 0.3 is 12.0 Å². The van der Waals surface area contributed by atoms with Crippen LogP contribution in [0, 0.1) is 17.1 Å². The summed E-state index contributed by atoms with van der Waals surface area (Å²) in [5, 5.41) is 15.1. The standard InChI is InChI=1S/C26H40FN4O3P.C2H5N.C2H6/c1-6-17(2)19-10-14-31(15-11-19)13-7-12-29-26(33)30-24(20-8-9-21(27)22(35)16-20)23(18(3)28-4)25(32)34-5;1-2-3;1-2/h6,8-9,16,19,24,28H,7,10-15,35H2,1-5H3,(H2,29,30,33);2-3H,1H3;1-2H3/b17-6+,23-18+;;. The van der Waals surface area contributed by atoms with Crippen LogP contribution in [0.25, 0.3) is 0 Å². The zero-order valence-electron chi connectivity index (χ0n) is 25.6. The SMILES string of the molecule is C/C=C(\C)C1CCN(CCCNC(=O)NC(/C(C(=O)OC)=C(/C)NC)c2ccc(F)c(P)c2)CC1.CC.CC=N. The first-order valence-electron chi connectivity index (χ1n) is 14.0. The van der Waals surface area contributed by atoms with Gasteiger partial charge in [0, 0.05) is 24.6 Å². The third-order valence-corrected chi connectivity index (χ3v) is 7.17. The quantitative estimate of drug-likeness (QED) is 0.0772. The Hall–Kier alpha value is -2.77. The van der Waals surface area contributed by atoms with Gasteiger partial charge in [0.25, 0.3) is 0 Å². The van der Waals surface area contributed by atoms with Gasteiger partial charge in [-0.2, -0.15) is 0 Å². The van der Waals surface area contributed by atoms with Crippen molar-refractivity contribution < 1.29 is 18.7 Å². The Morgan fingerprint density at radius 2 is 1.82 bits per heavy atom. The van der Waals surface area contributed by atoms with Crippen LogP contribution >= 0.6 is 9.24 Å². The minimum atomic E-state index is -0.816. The van der Waals surface area contributed by atoms with Crippen molar-refractivity contribution in [1.82, 2.24) is 20.9 Å². The van der Waals surface area contributed by atoms with E-state index in [0.29, 0.717) is 29.0 Å². The van der Waals surface area contributed by atoms with Crippen LogP contribution in [0.15, 0.2) is 41.1 Å². The van der Waals surface area contributed by atoms with Crippen LogP contribution in [0.5, 0.6) is 0 Å². The summed E-state index contributed by atoms with van der Waals surface area (Å²) in [5.41, 5.74) is 2.84. The molecule has 4 N–H and O–H groups in total. The van der Waals surface area contributed by atoms with Crippen LogP contribution in [-0.2, 0) is 9.53 Å². The number of benzene rings is 1. The molecule has 2 unspecified atom stereocenters. The van der Waals surface area contributed by atoms with Gasteiger partial charge in [-0.1, -0.05) is 31.6 Å². The summed E-state index contributed by atoms with van der Waals surface area (Å²) in [7, 11) is 5.30. The number of nitrogens with zero attached hydrogens (tertiary/aromatic N) is 1. The van der Waals surface area contributed by atoms with Gasteiger partial charge < -0.3 is 31.0 Å². The van der Waals surface area contributed by atoms with Crippen molar-refractivity contribution >= 4 is 32.8 Å². The lowest BCUT2D eigenvalue weighted by molar-refractivity contribution is -0.136. The fourth-order valence-corrected chi connectivity index (χ4v) is 4.62. The largest absolute Gasteiger partial charge is 0.466 e. The van der Waals surface area contributed by atoms with E-state index in [0.717, 1.165) is 26.1 Å². The van der Waals surface area contributed by atoms with Crippen molar-refractivity contribution in [2.75, 3.05) is 40.3 Å². The number of hydrogen-bond acceptors (Lipinski definition) is 6. The van der Waals surface area contributed by atoms with Crippen molar-refractivity contribution in [3.8, 4) is 0 Å². The number of hydrogen-bond donors (Lipinski definition) is 4. The number of amides is 2. The molecule has 40 heavy (non-hydrogen) atoms. The van der Waals surface area contributed by atoms with E-state index in [9.17, 15) is 14.0 Å². The van der Waals surface area contributed by atoms with Gasteiger partial charge in [-0.3, -0.25) is 0 Å². The average molecular weight is 580 g/mol. The van der Waals surface area contributed by atoms with E-state index < -0.39 is 18.0 Å². The summed E-state index contributed by atoms with van der Waals surface area (Å²) in [6.45, 7) is 15.3. The molecular weight excluding hydrogens is 528 g/mol. The first-order chi connectivity index (χ1) is 19.1. The number of allylic oxidation sites excluding steroid dienone is 3. The van der Waals surface area contributed by atoms with Crippen molar-refractivity contribution in [1.29, 1.82) is 5.41 Å². The fraction of sp³-hybridized carbons (Fsp3) is 0.567. The van der Waals surface area contributed by atoms with E-state index in [1.54, 1.807) is 33.0 Å². The number of carbonyl (C=O) groups is 2. The number of urea groups is 1. The van der Waals surface area contributed by atoms with Gasteiger partial charge in [0.15, 0.2) is 0 Å². The molecule has 0 saturated carbocycles. The van der Waals surface area contributed by atoms with E-state index in [1.807, 2.05) is 13.8 Å². The smallest absolute Gasteiger partial charge is 0.337 e. The Kier molecular flexibility index (Phi) is 19.6. The maximum Gasteiger partial charge on any atom is 0.337 e. The van der Waals surface area contributed by atoms with Crippen LogP contribution in [-0.4, -0.2) is 63.5 Å². The topological polar surface area (TPSA) is 107 Å². The first kappa shape index (κ1) is 37.2. The summed E-state index contributed by atoms with van der Waals surface area (Å²) < 4.78 is 18.8. The number of esters is 1. The van der Waals surface area contributed by atoms with E-state index in [4.69, 9.17) is 10.1 Å². The molecule has 1 aromatic carbocycles. The number of carbonyl (C=O) groups excluding carboxylic acids is 2. The van der Waals surface area contributed by atoms with Crippen molar-refractivity contribution in [3.63, 3.8) is 0 Å². The minimum absolute atomic E-state index is 0.250. The zero-order chi connectivity index (χ0) is 30.7. The summed E-state index contributed by atoms with van der Waals surface area (Å²) in [4.78, 5) is 27.8. The van der Waals surface area contributed by atoms with Crippen molar-refractivity contribution in [2.24, 2.45) is 5.92 Å². The highest BCUT2D eigenvalue weighted by Crippen LogP contribution is 2.26. The summed E-state index contributed by atoms with van der Waals surface area (Å²) in [5.74, 6) is -0.280.